The van der Waals surface area contributed by atoms with Crippen LogP contribution < -0.4 is 5.32 Å². The molecule has 0 spiro atoms. The van der Waals surface area contributed by atoms with Crippen molar-refractivity contribution < 1.29 is 5.11 Å². The maximum atomic E-state index is 9.20. The van der Waals surface area contributed by atoms with E-state index in [1.54, 1.807) is 0 Å². The van der Waals surface area contributed by atoms with Crippen LogP contribution in [0, 0.1) is 0 Å². The van der Waals surface area contributed by atoms with Crippen molar-refractivity contribution in [3.8, 4) is 0 Å². The van der Waals surface area contributed by atoms with E-state index in [1.807, 2.05) is 19.2 Å². The largest absolute Gasteiger partial charge is 0.393 e. The summed E-state index contributed by atoms with van der Waals surface area (Å²) in [6.45, 7) is 3.54. The van der Waals surface area contributed by atoms with Crippen LogP contribution in [0.25, 0.3) is 10.9 Å². The van der Waals surface area contributed by atoms with Crippen molar-refractivity contribution in [3.63, 3.8) is 0 Å². The molecule has 3 nitrogen and oxygen atoms in total. The van der Waals surface area contributed by atoms with Crippen LogP contribution in [0.5, 0.6) is 0 Å². The number of fused-ring (bicyclic) bond motifs is 1. The van der Waals surface area contributed by atoms with E-state index in [1.165, 1.54) is 5.56 Å². The lowest BCUT2D eigenvalue weighted by Crippen LogP contribution is -2.16. The zero-order valence-electron chi connectivity index (χ0n) is 11.1. The van der Waals surface area contributed by atoms with Gasteiger partial charge in [0.15, 0.2) is 0 Å². The monoisotopic (exact) mass is 322 g/mol. The molecule has 0 radical (unpaired) electrons. The molecule has 0 saturated heterocycles. The second kappa shape index (κ2) is 6.98. The van der Waals surface area contributed by atoms with E-state index in [0.717, 1.165) is 41.3 Å². The van der Waals surface area contributed by atoms with Gasteiger partial charge in [0, 0.05) is 22.6 Å². The molecule has 0 aliphatic heterocycles. The molecule has 1 unspecified atom stereocenters. The minimum absolute atomic E-state index is 0.211. The molecule has 0 saturated carbocycles. The molecule has 1 aromatic carbocycles. The summed E-state index contributed by atoms with van der Waals surface area (Å²) >= 11 is 3.55. The summed E-state index contributed by atoms with van der Waals surface area (Å²) in [5.74, 6) is 0. The second-order valence-electron chi connectivity index (χ2n) is 4.77. The minimum atomic E-state index is -0.211. The van der Waals surface area contributed by atoms with E-state index in [-0.39, 0.29) is 6.10 Å². The summed E-state index contributed by atoms with van der Waals surface area (Å²) in [5.41, 5.74) is 2.25. The van der Waals surface area contributed by atoms with Crippen LogP contribution in [0.15, 0.2) is 34.9 Å². The van der Waals surface area contributed by atoms with E-state index in [9.17, 15) is 5.11 Å². The molecule has 0 amide bonds. The van der Waals surface area contributed by atoms with Crippen LogP contribution in [0.3, 0.4) is 0 Å². The first-order valence-corrected chi connectivity index (χ1v) is 7.38. The first-order valence-electron chi connectivity index (χ1n) is 6.59. The lowest BCUT2D eigenvalue weighted by atomic mass is 10.1. The molecule has 2 rings (SSSR count). The highest BCUT2D eigenvalue weighted by molar-refractivity contribution is 9.10. The lowest BCUT2D eigenvalue weighted by molar-refractivity contribution is 0.181. The summed E-state index contributed by atoms with van der Waals surface area (Å²) in [7, 11) is 0. The average Bonchev–Trinajstić information content (AvgIpc) is 2.41. The normalized spacial score (nSPS) is 12.8. The summed E-state index contributed by atoms with van der Waals surface area (Å²) in [6, 6.07) is 8.19. The zero-order valence-corrected chi connectivity index (χ0v) is 12.7. The van der Waals surface area contributed by atoms with Crippen LogP contribution >= 0.6 is 15.9 Å². The molecular weight excluding hydrogens is 304 g/mol. The number of aliphatic hydroxyl groups excluding tert-OH is 1. The smallest absolute Gasteiger partial charge is 0.0758 e. The third-order valence-electron chi connectivity index (χ3n) is 3.09. The number of hydrogen-bond donors (Lipinski definition) is 2. The molecule has 1 atom stereocenters. The summed E-state index contributed by atoms with van der Waals surface area (Å²) in [4.78, 5) is 4.46. The fourth-order valence-electron chi connectivity index (χ4n) is 2.08. The second-order valence-corrected chi connectivity index (χ2v) is 5.63. The van der Waals surface area contributed by atoms with E-state index in [4.69, 9.17) is 0 Å². The van der Waals surface area contributed by atoms with E-state index in [0.29, 0.717) is 0 Å². The molecule has 1 aromatic heterocycles. The van der Waals surface area contributed by atoms with E-state index >= 15 is 0 Å². The molecule has 19 heavy (non-hydrogen) atoms. The highest BCUT2D eigenvalue weighted by Crippen LogP contribution is 2.25. The van der Waals surface area contributed by atoms with Crippen molar-refractivity contribution in [2.24, 2.45) is 0 Å². The summed E-state index contributed by atoms with van der Waals surface area (Å²) < 4.78 is 1.08. The van der Waals surface area contributed by atoms with Gasteiger partial charge in [-0.2, -0.15) is 0 Å². The van der Waals surface area contributed by atoms with Gasteiger partial charge in [-0.15, -0.1) is 0 Å². The number of nitrogens with one attached hydrogen (secondary N) is 1. The lowest BCUT2D eigenvalue weighted by Gasteiger charge is -2.09. The molecule has 0 bridgehead atoms. The van der Waals surface area contributed by atoms with Gasteiger partial charge in [-0.3, -0.25) is 4.98 Å². The summed E-state index contributed by atoms with van der Waals surface area (Å²) in [6.07, 6.45) is 3.44. The van der Waals surface area contributed by atoms with Crippen LogP contribution in [-0.2, 0) is 6.54 Å². The maximum absolute atomic E-state index is 9.20. The molecule has 0 fully saturated rings. The van der Waals surface area contributed by atoms with E-state index < -0.39 is 0 Å². The average molecular weight is 323 g/mol. The Labute approximate surface area is 122 Å². The number of nitrogens with zero attached hydrogens (tertiary/aromatic N) is 1. The molecular formula is C15H19BrN2O. The van der Waals surface area contributed by atoms with Gasteiger partial charge in [-0.1, -0.05) is 28.1 Å². The predicted octanol–water partition coefficient (Wildman–Crippen LogP) is 3.25. The van der Waals surface area contributed by atoms with E-state index in [2.05, 4.69) is 44.4 Å². The Hall–Kier alpha value is -0.970. The topological polar surface area (TPSA) is 45.1 Å². The van der Waals surface area contributed by atoms with Crippen molar-refractivity contribution in [2.45, 2.75) is 32.4 Å². The number of hydrogen-bond acceptors (Lipinski definition) is 3. The van der Waals surface area contributed by atoms with Gasteiger partial charge in [-0.25, -0.2) is 0 Å². The van der Waals surface area contributed by atoms with Crippen molar-refractivity contribution in [1.29, 1.82) is 0 Å². The Bertz CT molecular complexity index is 543. The first-order chi connectivity index (χ1) is 9.18. The van der Waals surface area contributed by atoms with Gasteiger partial charge >= 0.3 is 0 Å². The van der Waals surface area contributed by atoms with Crippen molar-refractivity contribution in [3.05, 3.63) is 40.5 Å². The fraction of sp³-hybridized carbons (Fsp3) is 0.400. The van der Waals surface area contributed by atoms with Crippen LogP contribution in [-0.4, -0.2) is 22.7 Å². The third-order valence-corrected chi connectivity index (χ3v) is 3.78. The Kier molecular flexibility index (Phi) is 5.31. The number of rotatable bonds is 6. The van der Waals surface area contributed by atoms with Crippen LogP contribution in [0.4, 0.5) is 0 Å². The zero-order chi connectivity index (χ0) is 13.7. The van der Waals surface area contributed by atoms with Gasteiger partial charge in [-0.05, 0) is 44.0 Å². The summed E-state index contributed by atoms with van der Waals surface area (Å²) in [5, 5.41) is 13.7. The molecule has 0 aliphatic carbocycles. The molecule has 1 heterocycles. The van der Waals surface area contributed by atoms with Gasteiger partial charge in [0.1, 0.15) is 0 Å². The number of halogens is 1. The maximum Gasteiger partial charge on any atom is 0.0758 e. The highest BCUT2D eigenvalue weighted by Gasteiger charge is 2.05. The Balaban J connectivity index is 1.99. The fourth-order valence-corrected chi connectivity index (χ4v) is 2.54. The third kappa shape index (κ3) is 4.00. The van der Waals surface area contributed by atoms with Crippen LogP contribution in [0.1, 0.15) is 25.3 Å². The van der Waals surface area contributed by atoms with Gasteiger partial charge < -0.3 is 10.4 Å². The number of pyridine rings is 1. The molecule has 0 aliphatic rings. The first kappa shape index (κ1) is 14.4. The number of benzene rings is 1. The molecule has 2 aromatic rings. The SMILES string of the molecule is CC(O)CCCNCc1ccc(Br)c2cccnc12. The van der Waals surface area contributed by atoms with Crippen molar-refractivity contribution in [2.75, 3.05) is 6.54 Å². The number of aromatic nitrogens is 1. The quantitative estimate of drug-likeness (QED) is 0.802. The van der Waals surface area contributed by atoms with Gasteiger partial charge in [0.2, 0.25) is 0 Å². The standard InChI is InChI=1S/C15H19BrN2O/c1-11(19)4-2-8-17-10-12-6-7-14(16)13-5-3-9-18-15(12)13/h3,5-7,9,11,17,19H,2,4,8,10H2,1H3. The molecule has 2 N–H and O–H groups in total. The molecule has 4 heteroatoms. The Morgan fingerprint density at radius 2 is 2.21 bits per heavy atom. The number of aliphatic hydroxyl groups is 1. The van der Waals surface area contributed by atoms with Gasteiger partial charge in [0.05, 0.1) is 11.6 Å². The Morgan fingerprint density at radius 3 is 3.00 bits per heavy atom. The predicted molar refractivity (Wildman–Crippen MR) is 82.1 cm³/mol. The highest BCUT2D eigenvalue weighted by atomic mass is 79.9. The minimum Gasteiger partial charge on any atom is -0.393 e. The van der Waals surface area contributed by atoms with Gasteiger partial charge in [0.25, 0.3) is 0 Å². The van der Waals surface area contributed by atoms with Crippen molar-refractivity contribution >= 4 is 26.8 Å². The van der Waals surface area contributed by atoms with Crippen LogP contribution in [0.2, 0.25) is 0 Å². The Morgan fingerprint density at radius 1 is 1.37 bits per heavy atom. The molecule has 102 valence electrons. The van der Waals surface area contributed by atoms with Crippen molar-refractivity contribution in [1.82, 2.24) is 10.3 Å².